The molecular weight excluding hydrogens is 362 g/mol. The Morgan fingerprint density at radius 3 is 2.45 bits per heavy atom. The largest absolute Gasteiger partial charge is 0.369 e. The Bertz CT molecular complexity index is 934. The van der Waals surface area contributed by atoms with Gasteiger partial charge in [-0.15, -0.1) is 5.10 Å². The van der Waals surface area contributed by atoms with Crippen LogP contribution in [0.15, 0.2) is 54.7 Å². The van der Waals surface area contributed by atoms with E-state index in [1.165, 1.54) is 11.3 Å². The van der Waals surface area contributed by atoms with Crippen LogP contribution in [0, 0.1) is 0 Å². The summed E-state index contributed by atoms with van der Waals surface area (Å²) >= 11 is 0. The maximum atomic E-state index is 4.55. The molecule has 150 valence electrons. The van der Waals surface area contributed by atoms with Gasteiger partial charge in [-0.25, -0.2) is 0 Å². The Balaban J connectivity index is 1.42. The number of aryl methyl sites for hydroxylation is 1. The van der Waals surface area contributed by atoms with Crippen LogP contribution < -0.4 is 15.5 Å². The Hall–Kier alpha value is -3.19. The number of hydrogen-bond acceptors (Lipinski definition) is 7. The lowest BCUT2D eigenvalue weighted by atomic mass is 10.1. The average Bonchev–Trinajstić information content (AvgIpc) is 2.76. The third-order valence-corrected chi connectivity index (χ3v) is 5.21. The van der Waals surface area contributed by atoms with Gasteiger partial charge in [-0.3, -0.25) is 0 Å². The van der Waals surface area contributed by atoms with Crippen molar-refractivity contribution in [2.75, 3.05) is 48.8 Å². The van der Waals surface area contributed by atoms with E-state index in [1.54, 1.807) is 6.20 Å². The van der Waals surface area contributed by atoms with E-state index in [0.717, 1.165) is 44.0 Å². The normalized spacial score (nSPS) is 14.6. The van der Waals surface area contributed by atoms with Crippen molar-refractivity contribution in [3.63, 3.8) is 0 Å². The van der Waals surface area contributed by atoms with Crippen LogP contribution in [-0.4, -0.2) is 53.3 Å². The van der Waals surface area contributed by atoms with Crippen LogP contribution in [0.3, 0.4) is 0 Å². The standard InChI is InChI=1S/C22H27N7/c1-3-17-6-4-5-7-20(17)25-21-16-23-27-22(26-21)24-18-8-10-19(11-9-18)29-14-12-28(2)13-15-29/h4-11,16H,3,12-15H2,1-2H3,(H2,24,25,26,27). The van der Waals surface area contributed by atoms with Crippen LogP contribution in [-0.2, 0) is 6.42 Å². The van der Waals surface area contributed by atoms with Crippen LogP contribution in [0.5, 0.6) is 0 Å². The SMILES string of the molecule is CCc1ccccc1Nc1cnnc(Nc2ccc(N3CCN(C)CC3)cc2)n1. The number of aromatic nitrogens is 3. The molecule has 0 radical (unpaired) electrons. The van der Waals surface area contributed by atoms with Gasteiger partial charge in [0, 0.05) is 43.2 Å². The molecule has 2 aromatic carbocycles. The maximum Gasteiger partial charge on any atom is 0.249 e. The molecule has 7 heteroatoms. The number of hydrogen-bond donors (Lipinski definition) is 2. The number of benzene rings is 2. The third-order valence-electron chi connectivity index (χ3n) is 5.21. The summed E-state index contributed by atoms with van der Waals surface area (Å²) < 4.78 is 0. The Kier molecular flexibility index (Phi) is 5.86. The molecule has 2 heterocycles. The molecule has 0 saturated carbocycles. The second-order valence-electron chi connectivity index (χ2n) is 7.26. The molecule has 3 aromatic rings. The lowest BCUT2D eigenvalue weighted by molar-refractivity contribution is 0.313. The van der Waals surface area contributed by atoms with Gasteiger partial charge in [0.05, 0.1) is 6.20 Å². The fourth-order valence-corrected chi connectivity index (χ4v) is 3.45. The first-order valence-electron chi connectivity index (χ1n) is 10.1. The van der Waals surface area contributed by atoms with Crippen molar-refractivity contribution in [1.29, 1.82) is 0 Å². The maximum absolute atomic E-state index is 4.55. The number of piperazine rings is 1. The molecule has 7 nitrogen and oxygen atoms in total. The monoisotopic (exact) mass is 389 g/mol. The smallest absolute Gasteiger partial charge is 0.249 e. The number of likely N-dealkylation sites (N-methyl/N-ethyl adjacent to an activating group) is 1. The summed E-state index contributed by atoms with van der Waals surface area (Å²) in [5.41, 5.74) is 4.46. The first kappa shape index (κ1) is 19.1. The summed E-state index contributed by atoms with van der Waals surface area (Å²) in [6, 6.07) is 16.6. The van der Waals surface area contributed by atoms with Crippen molar-refractivity contribution < 1.29 is 0 Å². The molecule has 0 spiro atoms. The predicted octanol–water partition coefficient (Wildman–Crippen LogP) is 3.67. The van der Waals surface area contributed by atoms with Gasteiger partial charge in [0.1, 0.15) is 0 Å². The molecule has 0 aliphatic carbocycles. The van der Waals surface area contributed by atoms with E-state index in [2.05, 4.69) is 79.9 Å². The summed E-state index contributed by atoms with van der Waals surface area (Å²) in [5, 5.41) is 14.8. The van der Waals surface area contributed by atoms with Crippen LogP contribution in [0.2, 0.25) is 0 Å². The number of nitrogens with zero attached hydrogens (tertiary/aromatic N) is 5. The Labute approximate surface area is 171 Å². The van der Waals surface area contributed by atoms with Gasteiger partial charge in [-0.1, -0.05) is 25.1 Å². The number of para-hydroxylation sites is 1. The summed E-state index contributed by atoms with van der Waals surface area (Å²) in [6.45, 7) is 6.45. The summed E-state index contributed by atoms with van der Waals surface area (Å²) in [6.07, 6.45) is 2.58. The van der Waals surface area contributed by atoms with Crippen molar-refractivity contribution >= 4 is 28.8 Å². The topological polar surface area (TPSA) is 69.2 Å². The molecule has 1 aromatic heterocycles. The Morgan fingerprint density at radius 1 is 0.931 bits per heavy atom. The third kappa shape index (κ3) is 4.81. The molecule has 0 bridgehead atoms. The Morgan fingerprint density at radius 2 is 1.69 bits per heavy atom. The molecule has 1 saturated heterocycles. The van der Waals surface area contributed by atoms with E-state index in [4.69, 9.17) is 0 Å². The molecule has 0 atom stereocenters. The fraction of sp³-hybridized carbons (Fsp3) is 0.318. The molecule has 1 fully saturated rings. The number of nitrogens with one attached hydrogen (secondary N) is 2. The van der Waals surface area contributed by atoms with E-state index in [9.17, 15) is 0 Å². The van der Waals surface area contributed by atoms with Gasteiger partial charge in [-0.2, -0.15) is 10.1 Å². The van der Waals surface area contributed by atoms with Gasteiger partial charge in [-0.05, 0) is 49.4 Å². The lowest BCUT2D eigenvalue weighted by Gasteiger charge is -2.34. The van der Waals surface area contributed by atoms with Crippen molar-refractivity contribution in [2.24, 2.45) is 0 Å². The average molecular weight is 390 g/mol. The molecule has 1 aliphatic rings. The minimum Gasteiger partial charge on any atom is -0.369 e. The van der Waals surface area contributed by atoms with E-state index in [1.807, 2.05) is 18.2 Å². The molecule has 1 aliphatic heterocycles. The van der Waals surface area contributed by atoms with E-state index in [-0.39, 0.29) is 0 Å². The highest BCUT2D eigenvalue weighted by molar-refractivity contribution is 5.63. The first-order valence-corrected chi connectivity index (χ1v) is 10.1. The minimum absolute atomic E-state index is 0.469. The molecule has 2 N–H and O–H groups in total. The van der Waals surface area contributed by atoms with E-state index >= 15 is 0 Å². The zero-order chi connectivity index (χ0) is 20.1. The molecule has 0 amide bonds. The zero-order valence-electron chi connectivity index (χ0n) is 17.0. The van der Waals surface area contributed by atoms with Crippen molar-refractivity contribution in [3.05, 3.63) is 60.3 Å². The summed E-state index contributed by atoms with van der Waals surface area (Å²) in [7, 11) is 2.17. The highest BCUT2D eigenvalue weighted by atomic mass is 15.3. The quantitative estimate of drug-likeness (QED) is 0.666. The van der Waals surface area contributed by atoms with Crippen molar-refractivity contribution in [3.8, 4) is 0 Å². The van der Waals surface area contributed by atoms with E-state index in [0.29, 0.717) is 11.8 Å². The predicted molar refractivity (Wildman–Crippen MR) is 118 cm³/mol. The second kappa shape index (κ2) is 8.87. The summed E-state index contributed by atoms with van der Waals surface area (Å²) in [4.78, 5) is 9.32. The fourth-order valence-electron chi connectivity index (χ4n) is 3.45. The highest BCUT2D eigenvalue weighted by Crippen LogP contribution is 2.23. The van der Waals surface area contributed by atoms with Crippen LogP contribution in [0.4, 0.5) is 28.8 Å². The van der Waals surface area contributed by atoms with Gasteiger partial charge in [0.15, 0.2) is 5.82 Å². The number of anilines is 5. The minimum atomic E-state index is 0.469. The number of rotatable bonds is 6. The van der Waals surface area contributed by atoms with Crippen LogP contribution in [0.25, 0.3) is 0 Å². The molecule has 4 rings (SSSR count). The molecule has 29 heavy (non-hydrogen) atoms. The zero-order valence-corrected chi connectivity index (χ0v) is 17.0. The molecule has 0 unspecified atom stereocenters. The van der Waals surface area contributed by atoms with E-state index < -0.39 is 0 Å². The first-order chi connectivity index (χ1) is 14.2. The van der Waals surface area contributed by atoms with Crippen molar-refractivity contribution in [2.45, 2.75) is 13.3 Å². The van der Waals surface area contributed by atoms with Gasteiger partial charge < -0.3 is 20.4 Å². The van der Waals surface area contributed by atoms with Crippen LogP contribution in [0.1, 0.15) is 12.5 Å². The van der Waals surface area contributed by atoms with Crippen LogP contribution >= 0.6 is 0 Å². The lowest BCUT2D eigenvalue weighted by Crippen LogP contribution is -2.44. The van der Waals surface area contributed by atoms with Gasteiger partial charge in [0.25, 0.3) is 0 Å². The van der Waals surface area contributed by atoms with Gasteiger partial charge >= 0.3 is 0 Å². The van der Waals surface area contributed by atoms with Gasteiger partial charge in [0.2, 0.25) is 5.95 Å². The second-order valence-corrected chi connectivity index (χ2v) is 7.26. The van der Waals surface area contributed by atoms with Crippen molar-refractivity contribution in [1.82, 2.24) is 20.1 Å². The highest BCUT2D eigenvalue weighted by Gasteiger charge is 2.14. The molecular formula is C22H27N7. The summed E-state index contributed by atoms with van der Waals surface area (Å²) in [5.74, 6) is 1.13.